The Morgan fingerprint density at radius 1 is 1.39 bits per heavy atom. The number of sulfonamides is 1. The Morgan fingerprint density at radius 2 is 2.11 bits per heavy atom. The molecule has 0 aliphatic carbocycles. The summed E-state index contributed by atoms with van der Waals surface area (Å²) in [5, 5.41) is 9.02. The summed E-state index contributed by atoms with van der Waals surface area (Å²) in [6, 6.07) is 4.34. The minimum absolute atomic E-state index is 0.0476. The second-order valence-corrected chi connectivity index (χ2v) is 5.80. The summed E-state index contributed by atoms with van der Waals surface area (Å²) in [4.78, 5) is 0.0541. The van der Waals surface area contributed by atoms with Crippen LogP contribution in [0.15, 0.2) is 23.1 Å². The highest BCUT2D eigenvalue weighted by Crippen LogP contribution is 2.26. The average molecular weight is 294 g/mol. The summed E-state index contributed by atoms with van der Waals surface area (Å²) in [6.45, 7) is 0.320. The molecular weight excluding hydrogens is 278 g/mol. The van der Waals surface area contributed by atoms with Crippen molar-refractivity contribution in [2.75, 3.05) is 20.3 Å². The topological polar surface area (TPSA) is 75.6 Å². The number of ether oxygens (including phenoxy) is 1. The molecule has 5 nitrogen and oxygen atoms in total. The first-order valence-corrected chi connectivity index (χ1v) is 7.31. The number of rotatable bonds is 7. The third-order valence-corrected chi connectivity index (χ3v) is 4.03. The summed E-state index contributed by atoms with van der Waals surface area (Å²) in [5.41, 5.74) is 0. The minimum Gasteiger partial charge on any atom is -0.495 e. The highest BCUT2D eigenvalue weighted by molar-refractivity contribution is 7.89. The van der Waals surface area contributed by atoms with E-state index in [0.29, 0.717) is 17.9 Å². The first kappa shape index (κ1) is 15.2. The van der Waals surface area contributed by atoms with E-state index in [9.17, 15) is 8.42 Å². The standard InChI is InChI=1S/C11H16ClNO4S/c1-17-10-8-9(12)4-5-11(10)18(15,16)13-6-2-3-7-14/h4-5,8,13-14H,2-3,6-7H2,1H3. The van der Waals surface area contributed by atoms with E-state index in [4.69, 9.17) is 21.4 Å². The number of halogens is 1. The van der Waals surface area contributed by atoms with Crippen molar-refractivity contribution in [1.29, 1.82) is 0 Å². The molecule has 0 aliphatic heterocycles. The fourth-order valence-electron chi connectivity index (χ4n) is 1.38. The van der Waals surface area contributed by atoms with Gasteiger partial charge in [-0.05, 0) is 25.0 Å². The van der Waals surface area contributed by atoms with E-state index in [1.807, 2.05) is 0 Å². The zero-order valence-corrected chi connectivity index (χ0v) is 11.6. The maximum absolute atomic E-state index is 12.0. The summed E-state index contributed by atoms with van der Waals surface area (Å²) in [7, 11) is -2.23. The summed E-state index contributed by atoms with van der Waals surface area (Å²) in [6.07, 6.45) is 1.13. The smallest absolute Gasteiger partial charge is 0.244 e. The molecule has 0 atom stereocenters. The fraction of sp³-hybridized carbons (Fsp3) is 0.455. The molecule has 0 saturated heterocycles. The Kier molecular flexibility index (Phi) is 5.87. The van der Waals surface area contributed by atoms with E-state index in [1.54, 1.807) is 0 Å². The van der Waals surface area contributed by atoms with E-state index in [-0.39, 0.29) is 23.8 Å². The van der Waals surface area contributed by atoms with Crippen LogP contribution in [0.3, 0.4) is 0 Å². The molecule has 0 fully saturated rings. The second-order valence-electron chi connectivity index (χ2n) is 3.62. The van der Waals surface area contributed by atoms with Gasteiger partial charge in [0.2, 0.25) is 10.0 Å². The average Bonchev–Trinajstić information content (AvgIpc) is 2.34. The molecule has 0 bridgehead atoms. The predicted octanol–water partition coefficient (Wildman–Crippen LogP) is 1.40. The first-order chi connectivity index (χ1) is 8.51. The predicted molar refractivity (Wildman–Crippen MR) is 69.5 cm³/mol. The molecule has 1 aromatic carbocycles. The van der Waals surface area contributed by atoms with Crippen molar-refractivity contribution >= 4 is 21.6 Å². The Balaban J connectivity index is 2.84. The van der Waals surface area contributed by atoms with Crippen LogP contribution in [0.2, 0.25) is 5.02 Å². The van der Waals surface area contributed by atoms with Crippen LogP contribution in [0.4, 0.5) is 0 Å². The SMILES string of the molecule is COc1cc(Cl)ccc1S(=O)(=O)NCCCCO. The van der Waals surface area contributed by atoms with E-state index >= 15 is 0 Å². The highest BCUT2D eigenvalue weighted by atomic mass is 35.5. The van der Waals surface area contributed by atoms with Gasteiger partial charge in [0, 0.05) is 24.2 Å². The van der Waals surface area contributed by atoms with Crippen LogP contribution in [-0.2, 0) is 10.0 Å². The van der Waals surface area contributed by atoms with Gasteiger partial charge >= 0.3 is 0 Å². The van der Waals surface area contributed by atoms with Gasteiger partial charge in [-0.1, -0.05) is 11.6 Å². The Hall–Kier alpha value is -0.820. The molecular formula is C11H16ClNO4S. The number of aliphatic hydroxyl groups is 1. The van der Waals surface area contributed by atoms with Gasteiger partial charge < -0.3 is 9.84 Å². The quantitative estimate of drug-likeness (QED) is 0.745. The molecule has 0 aromatic heterocycles. The van der Waals surface area contributed by atoms with E-state index in [2.05, 4.69) is 4.72 Å². The van der Waals surface area contributed by atoms with Crippen LogP contribution in [0.1, 0.15) is 12.8 Å². The van der Waals surface area contributed by atoms with Crippen molar-refractivity contribution in [1.82, 2.24) is 4.72 Å². The van der Waals surface area contributed by atoms with E-state index < -0.39 is 10.0 Å². The molecule has 7 heteroatoms. The van der Waals surface area contributed by atoms with Gasteiger partial charge in [0.1, 0.15) is 10.6 Å². The van der Waals surface area contributed by atoms with E-state index in [1.165, 1.54) is 25.3 Å². The van der Waals surface area contributed by atoms with Crippen molar-refractivity contribution in [3.8, 4) is 5.75 Å². The normalized spacial score (nSPS) is 11.5. The third kappa shape index (κ3) is 4.13. The lowest BCUT2D eigenvalue weighted by Gasteiger charge is -2.10. The summed E-state index contributed by atoms with van der Waals surface area (Å²) in [5.74, 6) is 0.206. The number of benzene rings is 1. The molecule has 0 amide bonds. The summed E-state index contributed by atoms with van der Waals surface area (Å²) < 4.78 is 31.4. The van der Waals surface area contributed by atoms with Crippen LogP contribution >= 0.6 is 11.6 Å². The molecule has 0 spiro atoms. The van der Waals surface area contributed by atoms with Crippen LogP contribution in [-0.4, -0.2) is 33.8 Å². The zero-order chi connectivity index (χ0) is 13.6. The lowest BCUT2D eigenvalue weighted by molar-refractivity contribution is 0.285. The van der Waals surface area contributed by atoms with Crippen molar-refractivity contribution in [2.45, 2.75) is 17.7 Å². The lowest BCUT2D eigenvalue weighted by Crippen LogP contribution is -2.25. The van der Waals surface area contributed by atoms with Crippen molar-refractivity contribution in [2.24, 2.45) is 0 Å². The maximum Gasteiger partial charge on any atom is 0.244 e. The van der Waals surface area contributed by atoms with Crippen molar-refractivity contribution in [3.05, 3.63) is 23.2 Å². The number of nitrogens with one attached hydrogen (secondary N) is 1. The van der Waals surface area contributed by atoms with Crippen LogP contribution in [0.25, 0.3) is 0 Å². The molecule has 2 N–H and O–H groups in total. The highest BCUT2D eigenvalue weighted by Gasteiger charge is 2.18. The minimum atomic E-state index is -3.62. The Bertz CT molecular complexity index is 490. The molecule has 0 saturated carbocycles. The number of hydrogen-bond donors (Lipinski definition) is 2. The fourth-order valence-corrected chi connectivity index (χ4v) is 2.77. The van der Waals surface area contributed by atoms with Gasteiger partial charge in [-0.2, -0.15) is 0 Å². The van der Waals surface area contributed by atoms with Crippen LogP contribution < -0.4 is 9.46 Å². The zero-order valence-electron chi connectivity index (χ0n) is 10.0. The Morgan fingerprint density at radius 3 is 2.72 bits per heavy atom. The number of aliphatic hydroxyl groups excluding tert-OH is 1. The van der Waals surface area contributed by atoms with Gasteiger partial charge in [0.15, 0.2) is 0 Å². The first-order valence-electron chi connectivity index (χ1n) is 5.45. The van der Waals surface area contributed by atoms with Crippen LogP contribution in [0.5, 0.6) is 5.75 Å². The molecule has 0 radical (unpaired) electrons. The third-order valence-electron chi connectivity index (χ3n) is 2.29. The molecule has 1 aromatic rings. The van der Waals surface area contributed by atoms with Gasteiger partial charge in [0.05, 0.1) is 7.11 Å². The monoisotopic (exact) mass is 293 g/mol. The van der Waals surface area contributed by atoms with Gasteiger partial charge in [-0.25, -0.2) is 13.1 Å². The molecule has 0 unspecified atom stereocenters. The van der Waals surface area contributed by atoms with Gasteiger partial charge in [-0.3, -0.25) is 0 Å². The Labute approximate surface area is 112 Å². The van der Waals surface area contributed by atoms with Crippen molar-refractivity contribution in [3.63, 3.8) is 0 Å². The molecule has 18 heavy (non-hydrogen) atoms. The lowest BCUT2D eigenvalue weighted by atomic mass is 10.3. The largest absolute Gasteiger partial charge is 0.495 e. The number of hydrogen-bond acceptors (Lipinski definition) is 4. The maximum atomic E-state index is 12.0. The number of methoxy groups -OCH3 is 1. The molecule has 102 valence electrons. The molecule has 0 heterocycles. The van der Waals surface area contributed by atoms with Crippen molar-refractivity contribution < 1.29 is 18.3 Å². The molecule has 1 rings (SSSR count). The van der Waals surface area contributed by atoms with Crippen LogP contribution in [0, 0.1) is 0 Å². The van der Waals surface area contributed by atoms with Gasteiger partial charge in [-0.15, -0.1) is 0 Å². The van der Waals surface area contributed by atoms with Gasteiger partial charge in [0.25, 0.3) is 0 Å². The molecule has 0 aliphatic rings. The number of unbranched alkanes of at least 4 members (excludes halogenated alkanes) is 1. The van der Waals surface area contributed by atoms with E-state index in [0.717, 1.165) is 0 Å². The second kappa shape index (κ2) is 6.94. The summed E-state index contributed by atoms with van der Waals surface area (Å²) >= 11 is 5.77.